The molecule has 1 N–H and O–H groups in total. The third kappa shape index (κ3) is 6.73. The molecule has 1 saturated carbocycles. The van der Waals surface area contributed by atoms with Crippen LogP contribution in [0.15, 0.2) is 12.1 Å². The Morgan fingerprint density at radius 3 is 2.87 bits per heavy atom. The summed E-state index contributed by atoms with van der Waals surface area (Å²) in [6, 6.07) is 4.01. The lowest BCUT2D eigenvalue weighted by Gasteiger charge is -2.29. The average Bonchev–Trinajstić information content (AvgIpc) is 2.93. The standard InChI is InChI=1S/C16H22ClNO3S2/c1-11-4-2-3-5-13(11)18-15(19)8-21-16(20)10-22-9-12-6-7-14(17)23-12/h6-7,11,13H,2-5,8-10H2,1H3,(H,18,19)/t11-,13+/m1/s1. The Hall–Kier alpha value is -0.720. The van der Waals surface area contributed by atoms with E-state index in [0.29, 0.717) is 5.92 Å². The molecule has 7 heteroatoms. The van der Waals surface area contributed by atoms with Gasteiger partial charge in [0.15, 0.2) is 6.61 Å². The maximum atomic E-state index is 11.9. The normalized spacial score (nSPS) is 21.0. The molecule has 0 aromatic carbocycles. The topological polar surface area (TPSA) is 55.4 Å². The van der Waals surface area contributed by atoms with Crippen molar-refractivity contribution >= 4 is 46.6 Å². The highest BCUT2D eigenvalue weighted by Gasteiger charge is 2.23. The van der Waals surface area contributed by atoms with Crippen LogP contribution < -0.4 is 5.32 Å². The van der Waals surface area contributed by atoms with Gasteiger partial charge in [-0.05, 0) is 30.9 Å². The molecule has 0 unspecified atom stereocenters. The van der Waals surface area contributed by atoms with Crippen LogP contribution in [0.3, 0.4) is 0 Å². The fraction of sp³-hybridized carbons (Fsp3) is 0.625. The van der Waals surface area contributed by atoms with Gasteiger partial charge < -0.3 is 10.1 Å². The second kappa shape index (κ2) is 9.55. The van der Waals surface area contributed by atoms with Gasteiger partial charge in [-0.15, -0.1) is 23.1 Å². The maximum absolute atomic E-state index is 11.9. The van der Waals surface area contributed by atoms with Crippen molar-refractivity contribution in [2.24, 2.45) is 5.92 Å². The van der Waals surface area contributed by atoms with Gasteiger partial charge in [0.1, 0.15) is 0 Å². The van der Waals surface area contributed by atoms with Crippen molar-refractivity contribution in [3.8, 4) is 0 Å². The van der Waals surface area contributed by atoms with Crippen LogP contribution in [0.5, 0.6) is 0 Å². The summed E-state index contributed by atoms with van der Waals surface area (Å²) in [4.78, 5) is 24.6. The van der Waals surface area contributed by atoms with Crippen LogP contribution in [-0.4, -0.2) is 30.3 Å². The predicted molar refractivity (Wildman–Crippen MR) is 96.0 cm³/mol. The highest BCUT2D eigenvalue weighted by molar-refractivity contribution is 7.99. The van der Waals surface area contributed by atoms with E-state index in [4.69, 9.17) is 16.3 Å². The van der Waals surface area contributed by atoms with Gasteiger partial charge in [-0.25, -0.2) is 0 Å². The summed E-state index contributed by atoms with van der Waals surface area (Å²) in [6.45, 7) is 1.97. The van der Waals surface area contributed by atoms with Crippen molar-refractivity contribution in [1.29, 1.82) is 0 Å². The second-order valence-electron chi connectivity index (χ2n) is 5.80. The van der Waals surface area contributed by atoms with Crippen molar-refractivity contribution < 1.29 is 14.3 Å². The second-order valence-corrected chi connectivity index (χ2v) is 8.58. The fourth-order valence-corrected chi connectivity index (χ4v) is 4.65. The molecule has 0 saturated heterocycles. The highest BCUT2D eigenvalue weighted by Crippen LogP contribution is 2.25. The lowest BCUT2D eigenvalue weighted by molar-refractivity contribution is -0.146. The van der Waals surface area contributed by atoms with E-state index in [1.165, 1.54) is 29.5 Å². The molecule has 0 spiro atoms. The van der Waals surface area contributed by atoms with Gasteiger partial charge in [-0.1, -0.05) is 31.4 Å². The van der Waals surface area contributed by atoms with Gasteiger partial charge in [-0.2, -0.15) is 0 Å². The molecule has 1 heterocycles. The Bertz CT molecular complexity index is 535. The van der Waals surface area contributed by atoms with Gasteiger partial charge in [0.2, 0.25) is 0 Å². The third-order valence-corrected chi connectivity index (χ3v) is 6.28. The monoisotopic (exact) mass is 375 g/mol. The van der Waals surface area contributed by atoms with Crippen molar-refractivity contribution in [2.45, 2.75) is 44.4 Å². The van der Waals surface area contributed by atoms with Crippen molar-refractivity contribution in [3.05, 3.63) is 21.3 Å². The minimum Gasteiger partial charge on any atom is -0.455 e. The maximum Gasteiger partial charge on any atom is 0.316 e. The van der Waals surface area contributed by atoms with Gasteiger partial charge in [0.25, 0.3) is 5.91 Å². The predicted octanol–water partition coefficient (Wildman–Crippen LogP) is 3.87. The molecule has 2 atom stereocenters. The van der Waals surface area contributed by atoms with Crippen molar-refractivity contribution in [1.82, 2.24) is 5.32 Å². The third-order valence-electron chi connectivity index (χ3n) is 3.92. The van der Waals surface area contributed by atoms with E-state index in [-0.39, 0.29) is 30.3 Å². The summed E-state index contributed by atoms with van der Waals surface area (Å²) < 4.78 is 5.78. The quantitative estimate of drug-likeness (QED) is 0.735. The lowest BCUT2D eigenvalue weighted by atomic mass is 9.86. The molecule has 2 rings (SSSR count). The zero-order chi connectivity index (χ0) is 16.7. The molecule has 4 nitrogen and oxygen atoms in total. The molecule has 1 fully saturated rings. The molecule has 1 aromatic heterocycles. The van der Waals surface area contributed by atoms with Gasteiger partial charge in [0.05, 0.1) is 10.1 Å². The number of hydrogen-bond donors (Lipinski definition) is 1. The molecular formula is C16H22ClNO3S2. The number of thioether (sulfide) groups is 1. The molecule has 0 bridgehead atoms. The Morgan fingerprint density at radius 1 is 1.39 bits per heavy atom. The molecule has 0 aliphatic heterocycles. The minimum atomic E-state index is -0.357. The number of ether oxygens (including phenoxy) is 1. The first-order valence-corrected chi connectivity index (χ1v) is 10.2. The van der Waals surface area contributed by atoms with Crippen LogP contribution in [0, 0.1) is 5.92 Å². The van der Waals surface area contributed by atoms with Crippen LogP contribution in [0.2, 0.25) is 4.34 Å². The van der Waals surface area contributed by atoms with Gasteiger partial charge in [-0.3, -0.25) is 9.59 Å². The highest BCUT2D eigenvalue weighted by atomic mass is 35.5. The molecule has 23 heavy (non-hydrogen) atoms. The zero-order valence-electron chi connectivity index (χ0n) is 13.2. The Balaban J connectivity index is 1.59. The van der Waals surface area contributed by atoms with E-state index >= 15 is 0 Å². The van der Waals surface area contributed by atoms with Crippen LogP contribution in [0.25, 0.3) is 0 Å². The molecule has 0 radical (unpaired) electrons. The lowest BCUT2D eigenvalue weighted by Crippen LogP contribution is -2.43. The molecule has 1 amide bonds. The number of rotatable bonds is 7. The molecule has 1 aliphatic rings. The fourth-order valence-electron chi connectivity index (χ4n) is 2.63. The molecule has 128 valence electrons. The van der Waals surface area contributed by atoms with Crippen LogP contribution >= 0.6 is 34.7 Å². The SMILES string of the molecule is C[C@@H]1CCCC[C@@H]1NC(=O)COC(=O)CSCc1ccc(Cl)s1. The largest absolute Gasteiger partial charge is 0.455 e. The van der Waals surface area contributed by atoms with E-state index in [2.05, 4.69) is 12.2 Å². The summed E-state index contributed by atoms with van der Waals surface area (Å²) in [5.41, 5.74) is 0. The average molecular weight is 376 g/mol. The molecule has 1 aromatic rings. The van der Waals surface area contributed by atoms with Crippen molar-refractivity contribution in [2.75, 3.05) is 12.4 Å². The van der Waals surface area contributed by atoms with Gasteiger partial charge >= 0.3 is 5.97 Å². The smallest absolute Gasteiger partial charge is 0.316 e. The summed E-state index contributed by atoms with van der Waals surface area (Å²) >= 11 is 8.82. The summed E-state index contributed by atoms with van der Waals surface area (Å²) in [5.74, 6) is 0.897. The van der Waals surface area contributed by atoms with Gasteiger partial charge in [0, 0.05) is 16.7 Å². The van der Waals surface area contributed by atoms with Crippen LogP contribution in [0.4, 0.5) is 0 Å². The first kappa shape index (κ1) is 18.6. The summed E-state index contributed by atoms with van der Waals surface area (Å²) in [7, 11) is 0. The number of carbonyl (C=O) groups is 2. The van der Waals surface area contributed by atoms with Crippen LogP contribution in [0.1, 0.15) is 37.5 Å². The number of carbonyl (C=O) groups excluding carboxylic acids is 2. The minimum absolute atomic E-state index is 0.187. The molecule has 1 aliphatic carbocycles. The molecular weight excluding hydrogens is 354 g/mol. The summed E-state index contributed by atoms with van der Waals surface area (Å²) in [6.07, 6.45) is 4.54. The number of amides is 1. The number of hydrogen-bond acceptors (Lipinski definition) is 5. The van der Waals surface area contributed by atoms with E-state index in [1.54, 1.807) is 0 Å². The van der Waals surface area contributed by atoms with E-state index < -0.39 is 0 Å². The Labute approximate surface area is 150 Å². The van der Waals surface area contributed by atoms with E-state index in [9.17, 15) is 9.59 Å². The zero-order valence-corrected chi connectivity index (χ0v) is 15.6. The number of nitrogens with one attached hydrogen (secondary N) is 1. The number of esters is 1. The van der Waals surface area contributed by atoms with E-state index in [1.807, 2.05) is 12.1 Å². The van der Waals surface area contributed by atoms with E-state index in [0.717, 1.165) is 34.2 Å². The first-order valence-electron chi connectivity index (χ1n) is 7.81. The van der Waals surface area contributed by atoms with Crippen molar-refractivity contribution in [3.63, 3.8) is 0 Å². The Morgan fingerprint density at radius 2 is 2.17 bits per heavy atom. The summed E-state index contributed by atoms with van der Waals surface area (Å²) in [5, 5.41) is 2.97. The Kier molecular flexibility index (Phi) is 7.73. The van der Waals surface area contributed by atoms with Crippen LogP contribution in [-0.2, 0) is 20.1 Å². The number of thiophene rings is 1. The first-order chi connectivity index (χ1) is 11.0. The number of halogens is 1.